The van der Waals surface area contributed by atoms with E-state index < -0.39 is 0 Å². The van der Waals surface area contributed by atoms with Gasteiger partial charge in [0.05, 0.1) is 23.2 Å². The van der Waals surface area contributed by atoms with E-state index in [-0.39, 0.29) is 12.5 Å². The van der Waals surface area contributed by atoms with Gasteiger partial charge in [-0.2, -0.15) is 0 Å². The predicted octanol–water partition coefficient (Wildman–Crippen LogP) is 1.54. The topological polar surface area (TPSA) is 55.8 Å². The van der Waals surface area contributed by atoms with Gasteiger partial charge < -0.3 is 10.4 Å². The van der Waals surface area contributed by atoms with E-state index in [4.69, 9.17) is 28.3 Å². The van der Waals surface area contributed by atoms with Gasteiger partial charge in [-0.3, -0.25) is 14.6 Å². The summed E-state index contributed by atoms with van der Waals surface area (Å²) in [6.07, 6.45) is 0. The summed E-state index contributed by atoms with van der Waals surface area (Å²) in [5, 5.41) is 12.6. The smallest absolute Gasteiger partial charge is 0.238 e. The van der Waals surface area contributed by atoms with Crippen molar-refractivity contribution >= 4 is 34.8 Å². The lowest BCUT2D eigenvalue weighted by Gasteiger charge is -2.33. The first-order valence-corrected chi connectivity index (χ1v) is 7.64. The number of rotatable bonds is 5. The van der Waals surface area contributed by atoms with E-state index in [2.05, 4.69) is 15.1 Å². The Labute approximate surface area is 134 Å². The van der Waals surface area contributed by atoms with Crippen LogP contribution >= 0.6 is 23.2 Å². The summed E-state index contributed by atoms with van der Waals surface area (Å²) in [4.78, 5) is 16.3. The minimum Gasteiger partial charge on any atom is -0.395 e. The minimum atomic E-state index is -0.0657. The van der Waals surface area contributed by atoms with Crippen molar-refractivity contribution in [2.24, 2.45) is 0 Å². The molecule has 1 aliphatic rings. The number of nitrogens with zero attached hydrogens (tertiary/aromatic N) is 2. The van der Waals surface area contributed by atoms with E-state index in [1.54, 1.807) is 18.2 Å². The Morgan fingerprint density at radius 1 is 1.14 bits per heavy atom. The largest absolute Gasteiger partial charge is 0.395 e. The number of nitrogens with one attached hydrogen (secondary N) is 1. The molecular formula is C14H19Cl2N3O2. The van der Waals surface area contributed by atoms with Crippen LogP contribution < -0.4 is 5.32 Å². The Morgan fingerprint density at radius 2 is 1.81 bits per heavy atom. The van der Waals surface area contributed by atoms with Crippen molar-refractivity contribution < 1.29 is 9.90 Å². The molecule has 21 heavy (non-hydrogen) atoms. The molecule has 0 unspecified atom stereocenters. The van der Waals surface area contributed by atoms with Crippen LogP contribution in [0.1, 0.15) is 0 Å². The Bertz CT molecular complexity index is 491. The van der Waals surface area contributed by atoms with Crippen molar-refractivity contribution in [3.8, 4) is 0 Å². The minimum absolute atomic E-state index is 0.0657. The molecule has 1 amide bonds. The molecular weight excluding hydrogens is 313 g/mol. The SMILES string of the molecule is O=C(CN1CCN(CCO)CC1)Nc1ccc(Cl)c(Cl)c1. The second-order valence-corrected chi connectivity index (χ2v) is 5.83. The van der Waals surface area contributed by atoms with Crippen LogP contribution in [0, 0.1) is 0 Å². The summed E-state index contributed by atoms with van der Waals surface area (Å²) in [6, 6.07) is 5.03. The van der Waals surface area contributed by atoms with Gasteiger partial charge in [0.25, 0.3) is 0 Å². The van der Waals surface area contributed by atoms with Crippen molar-refractivity contribution in [3.05, 3.63) is 28.2 Å². The van der Waals surface area contributed by atoms with Crippen molar-refractivity contribution in [2.45, 2.75) is 0 Å². The van der Waals surface area contributed by atoms with Crippen molar-refractivity contribution in [1.82, 2.24) is 9.80 Å². The molecule has 1 aromatic rings. The highest BCUT2D eigenvalue weighted by Gasteiger charge is 2.18. The Kier molecular flexibility index (Phi) is 6.26. The maximum atomic E-state index is 12.0. The van der Waals surface area contributed by atoms with Crippen LogP contribution in [0.5, 0.6) is 0 Å². The maximum Gasteiger partial charge on any atom is 0.238 e. The molecule has 1 heterocycles. The molecule has 116 valence electrons. The number of anilines is 1. The summed E-state index contributed by atoms with van der Waals surface area (Å²) in [6.45, 7) is 4.64. The highest BCUT2D eigenvalue weighted by atomic mass is 35.5. The van der Waals surface area contributed by atoms with Crippen molar-refractivity contribution in [2.75, 3.05) is 51.2 Å². The summed E-state index contributed by atoms with van der Waals surface area (Å²) in [5.74, 6) is -0.0657. The standard InChI is InChI=1S/C14H19Cl2N3O2/c15-12-2-1-11(9-13(12)16)17-14(21)10-19-5-3-18(4-6-19)7-8-20/h1-2,9,20H,3-8,10H2,(H,17,21). The number of hydrogen-bond donors (Lipinski definition) is 2. The molecule has 2 N–H and O–H groups in total. The number of halogens is 2. The molecule has 2 rings (SSSR count). The molecule has 1 fully saturated rings. The second-order valence-electron chi connectivity index (χ2n) is 5.02. The highest BCUT2D eigenvalue weighted by Crippen LogP contribution is 2.24. The summed E-state index contributed by atoms with van der Waals surface area (Å²) < 4.78 is 0. The van der Waals surface area contributed by atoms with E-state index in [9.17, 15) is 4.79 Å². The van der Waals surface area contributed by atoms with E-state index >= 15 is 0 Å². The second kappa shape index (κ2) is 7.96. The molecule has 0 saturated carbocycles. The summed E-state index contributed by atoms with van der Waals surface area (Å²) in [7, 11) is 0. The number of carbonyl (C=O) groups excluding carboxylic acids is 1. The number of benzene rings is 1. The van der Waals surface area contributed by atoms with Crippen LogP contribution in [0.2, 0.25) is 10.0 Å². The number of aliphatic hydroxyl groups excluding tert-OH is 1. The fourth-order valence-electron chi connectivity index (χ4n) is 2.29. The van der Waals surface area contributed by atoms with Gasteiger partial charge in [0.2, 0.25) is 5.91 Å². The third-order valence-corrected chi connectivity index (χ3v) is 4.19. The Balaban J connectivity index is 1.78. The molecule has 1 saturated heterocycles. The molecule has 1 aliphatic heterocycles. The number of β-amino-alcohol motifs (C(OH)–C–C–N with tert-alkyl or cyclic N) is 1. The molecule has 0 aromatic heterocycles. The fraction of sp³-hybridized carbons (Fsp3) is 0.500. The lowest BCUT2D eigenvalue weighted by Crippen LogP contribution is -2.49. The molecule has 0 aliphatic carbocycles. The zero-order valence-corrected chi connectivity index (χ0v) is 13.2. The van der Waals surface area contributed by atoms with Gasteiger partial charge in [0, 0.05) is 38.4 Å². The van der Waals surface area contributed by atoms with E-state index in [1.807, 2.05) is 0 Å². The maximum absolute atomic E-state index is 12.0. The summed E-state index contributed by atoms with van der Waals surface area (Å²) in [5.41, 5.74) is 0.647. The van der Waals surface area contributed by atoms with Crippen LogP contribution in [-0.4, -0.2) is 66.7 Å². The number of carbonyl (C=O) groups is 1. The molecule has 0 radical (unpaired) electrons. The average molecular weight is 332 g/mol. The zero-order chi connectivity index (χ0) is 15.2. The van der Waals surface area contributed by atoms with Crippen LogP contribution in [-0.2, 0) is 4.79 Å². The van der Waals surface area contributed by atoms with Crippen LogP contribution in [0.3, 0.4) is 0 Å². The van der Waals surface area contributed by atoms with Crippen LogP contribution in [0.25, 0.3) is 0 Å². The van der Waals surface area contributed by atoms with E-state index in [1.165, 1.54) is 0 Å². The third kappa shape index (κ3) is 5.13. The summed E-state index contributed by atoms with van der Waals surface area (Å²) >= 11 is 11.8. The van der Waals surface area contributed by atoms with Gasteiger partial charge in [-0.05, 0) is 18.2 Å². The van der Waals surface area contributed by atoms with Gasteiger partial charge in [0.1, 0.15) is 0 Å². The van der Waals surface area contributed by atoms with Gasteiger partial charge in [-0.1, -0.05) is 23.2 Å². The quantitative estimate of drug-likeness (QED) is 0.859. The van der Waals surface area contributed by atoms with Gasteiger partial charge >= 0.3 is 0 Å². The lowest BCUT2D eigenvalue weighted by molar-refractivity contribution is -0.117. The Hall–Kier alpha value is -0.850. The number of amides is 1. The highest BCUT2D eigenvalue weighted by molar-refractivity contribution is 6.42. The molecule has 0 bridgehead atoms. The fourth-order valence-corrected chi connectivity index (χ4v) is 2.59. The monoisotopic (exact) mass is 331 g/mol. The average Bonchev–Trinajstić information content (AvgIpc) is 2.45. The number of hydrogen-bond acceptors (Lipinski definition) is 4. The van der Waals surface area contributed by atoms with E-state index in [0.717, 1.165) is 26.2 Å². The van der Waals surface area contributed by atoms with Gasteiger partial charge in [0.15, 0.2) is 0 Å². The number of piperazine rings is 1. The molecule has 0 atom stereocenters. The molecule has 5 nitrogen and oxygen atoms in total. The van der Waals surface area contributed by atoms with Gasteiger partial charge in [-0.25, -0.2) is 0 Å². The third-order valence-electron chi connectivity index (χ3n) is 3.45. The molecule has 1 aromatic carbocycles. The van der Waals surface area contributed by atoms with Crippen LogP contribution in [0.15, 0.2) is 18.2 Å². The van der Waals surface area contributed by atoms with Crippen molar-refractivity contribution in [3.63, 3.8) is 0 Å². The number of aliphatic hydroxyl groups is 1. The first-order chi connectivity index (χ1) is 10.1. The van der Waals surface area contributed by atoms with Crippen LogP contribution in [0.4, 0.5) is 5.69 Å². The van der Waals surface area contributed by atoms with Crippen molar-refractivity contribution in [1.29, 1.82) is 0 Å². The first kappa shape index (κ1) is 16.5. The lowest BCUT2D eigenvalue weighted by atomic mass is 10.3. The van der Waals surface area contributed by atoms with Gasteiger partial charge in [-0.15, -0.1) is 0 Å². The molecule has 0 spiro atoms. The molecule has 7 heteroatoms. The van der Waals surface area contributed by atoms with E-state index in [0.29, 0.717) is 28.8 Å². The normalized spacial score (nSPS) is 16.9. The zero-order valence-electron chi connectivity index (χ0n) is 11.7. The predicted molar refractivity (Wildman–Crippen MR) is 85.1 cm³/mol. The first-order valence-electron chi connectivity index (χ1n) is 6.89. The Morgan fingerprint density at radius 3 is 2.43 bits per heavy atom.